The third kappa shape index (κ3) is 5.70. The third-order valence-electron chi connectivity index (χ3n) is 12.8. The largest absolute Gasteiger partial charge is 0.309 e. The van der Waals surface area contributed by atoms with Gasteiger partial charge in [0, 0.05) is 43.7 Å². The molecule has 0 unspecified atom stereocenters. The average Bonchev–Trinajstić information content (AvgIpc) is 3.92. The SMILES string of the molecule is C1=Cc2c(c3cc(-c4ccccc4)ccc3n2-c2nc(-c3ccccc3)nc(-n3c4ccccc4c4cc(-n5c6ccccc6c6ccccc65)ccc43)n2)C=C(c2ccccc2)C1. The molecule has 0 fully saturated rings. The van der Waals surface area contributed by atoms with Gasteiger partial charge in [0.25, 0.3) is 0 Å². The molecule has 6 heteroatoms. The van der Waals surface area contributed by atoms with Gasteiger partial charge in [0.1, 0.15) is 0 Å². The Kier molecular flexibility index (Phi) is 8.18. The zero-order valence-corrected chi connectivity index (χ0v) is 34.7. The molecular weight excluding hydrogens is 781 g/mol. The molecule has 1 aliphatic carbocycles. The highest BCUT2D eigenvalue weighted by Crippen LogP contribution is 2.40. The Bertz CT molecular complexity index is 3800. The van der Waals surface area contributed by atoms with E-state index < -0.39 is 0 Å². The second-order valence-electron chi connectivity index (χ2n) is 16.4. The van der Waals surface area contributed by atoms with Crippen molar-refractivity contribution < 1.29 is 0 Å². The van der Waals surface area contributed by atoms with Gasteiger partial charge in [-0.05, 0) is 89.4 Å². The van der Waals surface area contributed by atoms with E-state index in [9.17, 15) is 0 Å². The Balaban J connectivity index is 1.07. The number of para-hydroxylation sites is 3. The zero-order chi connectivity index (χ0) is 42.1. The van der Waals surface area contributed by atoms with Crippen LogP contribution in [0.4, 0.5) is 0 Å². The van der Waals surface area contributed by atoms with Crippen LogP contribution in [0.3, 0.4) is 0 Å². The van der Waals surface area contributed by atoms with Gasteiger partial charge in [0.15, 0.2) is 5.82 Å². The molecule has 1 aliphatic rings. The summed E-state index contributed by atoms with van der Waals surface area (Å²) in [6.45, 7) is 0. The molecule has 0 N–H and O–H groups in total. The molecule has 64 heavy (non-hydrogen) atoms. The topological polar surface area (TPSA) is 53.5 Å². The summed E-state index contributed by atoms with van der Waals surface area (Å²) in [6, 6.07) is 70.9. The molecular formula is C58H38N6. The summed E-state index contributed by atoms with van der Waals surface area (Å²) in [5, 5.41) is 5.85. The predicted molar refractivity (Wildman–Crippen MR) is 264 cm³/mol. The number of benzene rings is 8. The summed E-state index contributed by atoms with van der Waals surface area (Å²) in [4.78, 5) is 16.1. The van der Waals surface area contributed by atoms with E-state index >= 15 is 0 Å². The average molecular weight is 819 g/mol. The summed E-state index contributed by atoms with van der Waals surface area (Å²) in [5.74, 6) is 1.70. The van der Waals surface area contributed by atoms with Gasteiger partial charge in [-0.15, -0.1) is 0 Å². The molecule has 6 nitrogen and oxygen atoms in total. The third-order valence-corrected chi connectivity index (χ3v) is 12.8. The number of rotatable bonds is 6. The van der Waals surface area contributed by atoms with Crippen LogP contribution in [0.15, 0.2) is 206 Å². The molecule has 0 aliphatic heterocycles. The lowest BCUT2D eigenvalue weighted by Crippen LogP contribution is -2.11. The van der Waals surface area contributed by atoms with Gasteiger partial charge in [0.2, 0.25) is 11.9 Å². The summed E-state index contributed by atoms with van der Waals surface area (Å²) in [5.41, 5.74) is 14.4. The fourth-order valence-corrected chi connectivity index (χ4v) is 9.85. The Morgan fingerprint density at radius 1 is 0.359 bits per heavy atom. The van der Waals surface area contributed by atoms with Gasteiger partial charge in [0.05, 0.1) is 33.3 Å². The molecule has 0 radical (unpaired) electrons. The van der Waals surface area contributed by atoms with Crippen LogP contribution in [0.5, 0.6) is 0 Å². The molecule has 13 rings (SSSR count). The lowest BCUT2D eigenvalue weighted by Gasteiger charge is -2.13. The molecule has 0 bridgehead atoms. The number of fused-ring (bicyclic) bond motifs is 9. The van der Waals surface area contributed by atoms with E-state index in [1.165, 1.54) is 38.5 Å². The van der Waals surface area contributed by atoms with Crippen LogP contribution in [0.1, 0.15) is 23.2 Å². The molecule has 0 spiro atoms. The Labute approximate surface area is 369 Å². The van der Waals surface area contributed by atoms with E-state index in [-0.39, 0.29) is 0 Å². The van der Waals surface area contributed by atoms with Crippen molar-refractivity contribution in [2.45, 2.75) is 6.42 Å². The molecule has 0 saturated heterocycles. The fourth-order valence-electron chi connectivity index (χ4n) is 9.85. The predicted octanol–water partition coefficient (Wildman–Crippen LogP) is 14.3. The number of aromatic nitrogens is 6. The Hall–Kier alpha value is -8.61. The van der Waals surface area contributed by atoms with Crippen molar-refractivity contribution in [1.29, 1.82) is 0 Å². The number of hydrogen-bond donors (Lipinski definition) is 0. The van der Waals surface area contributed by atoms with E-state index in [4.69, 9.17) is 15.0 Å². The summed E-state index contributed by atoms with van der Waals surface area (Å²) < 4.78 is 6.81. The van der Waals surface area contributed by atoms with E-state index in [1.54, 1.807) is 0 Å². The highest BCUT2D eigenvalue weighted by atomic mass is 15.3. The maximum atomic E-state index is 5.49. The van der Waals surface area contributed by atoms with Crippen LogP contribution in [-0.2, 0) is 0 Å². The molecule has 0 amide bonds. The quantitative estimate of drug-likeness (QED) is 0.168. The first-order chi connectivity index (χ1) is 31.7. The summed E-state index contributed by atoms with van der Waals surface area (Å²) in [6.07, 6.45) is 7.67. The maximum absolute atomic E-state index is 5.49. The lowest BCUT2D eigenvalue weighted by molar-refractivity contribution is 0.877. The summed E-state index contributed by atoms with van der Waals surface area (Å²) in [7, 11) is 0. The van der Waals surface area contributed by atoms with Crippen molar-refractivity contribution >= 4 is 72.2 Å². The van der Waals surface area contributed by atoms with Crippen molar-refractivity contribution in [3.8, 4) is 40.1 Å². The van der Waals surface area contributed by atoms with Crippen LogP contribution in [0, 0.1) is 0 Å². The van der Waals surface area contributed by atoms with E-state index in [1.807, 2.05) is 18.2 Å². The van der Waals surface area contributed by atoms with E-state index in [0.717, 1.165) is 67.2 Å². The standard InChI is InChI=1S/C58H38N6/c1-4-17-38(18-5-1)41-23-16-30-53-47(35-41)48-36-42(39-19-6-2-7-20-39)31-33-54(48)64(53)58-60-56(40-21-8-3-9-22-40)59-57(61-58)63-52-29-15-12-26-46(52)49-37-43(32-34-55(49)63)62-50-27-13-10-24-44(50)45-25-11-14-28-51(45)62/h1-22,24-37H,23H2. The smallest absolute Gasteiger partial charge is 0.240 e. The van der Waals surface area contributed by atoms with Gasteiger partial charge >= 0.3 is 0 Å². The molecule has 300 valence electrons. The second kappa shape index (κ2) is 14.5. The first-order valence-corrected chi connectivity index (χ1v) is 21.8. The molecule has 8 aromatic carbocycles. The molecule has 0 atom stereocenters. The van der Waals surface area contributed by atoms with E-state index in [2.05, 4.69) is 214 Å². The van der Waals surface area contributed by atoms with Crippen LogP contribution >= 0.6 is 0 Å². The molecule has 4 aromatic heterocycles. The van der Waals surface area contributed by atoms with E-state index in [0.29, 0.717) is 17.7 Å². The van der Waals surface area contributed by atoms with Crippen molar-refractivity contribution in [3.05, 3.63) is 223 Å². The monoisotopic (exact) mass is 818 g/mol. The van der Waals surface area contributed by atoms with Gasteiger partial charge in [-0.1, -0.05) is 158 Å². The van der Waals surface area contributed by atoms with Crippen molar-refractivity contribution in [3.63, 3.8) is 0 Å². The molecule has 0 saturated carbocycles. The van der Waals surface area contributed by atoms with Gasteiger partial charge in [-0.3, -0.25) is 9.13 Å². The van der Waals surface area contributed by atoms with Crippen LogP contribution in [0.2, 0.25) is 0 Å². The van der Waals surface area contributed by atoms with Crippen LogP contribution < -0.4 is 0 Å². The van der Waals surface area contributed by atoms with Crippen molar-refractivity contribution in [1.82, 2.24) is 28.7 Å². The second-order valence-corrected chi connectivity index (χ2v) is 16.4. The van der Waals surface area contributed by atoms with Crippen molar-refractivity contribution in [2.75, 3.05) is 0 Å². The first-order valence-electron chi connectivity index (χ1n) is 21.8. The maximum Gasteiger partial charge on any atom is 0.240 e. The van der Waals surface area contributed by atoms with Crippen molar-refractivity contribution in [2.24, 2.45) is 0 Å². The van der Waals surface area contributed by atoms with Gasteiger partial charge in [-0.2, -0.15) is 15.0 Å². The van der Waals surface area contributed by atoms with Gasteiger partial charge in [-0.25, -0.2) is 0 Å². The minimum Gasteiger partial charge on any atom is -0.309 e. The Morgan fingerprint density at radius 2 is 0.875 bits per heavy atom. The number of nitrogens with zero attached hydrogens (tertiary/aromatic N) is 6. The highest BCUT2D eigenvalue weighted by Gasteiger charge is 2.24. The number of allylic oxidation sites excluding steroid dienone is 2. The zero-order valence-electron chi connectivity index (χ0n) is 34.7. The normalized spacial score (nSPS) is 12.7. The Morgan fingerprint density at radius 3 is 1.55 bits per heavy atom. The van der Waals surface area contributed by atoms with Crippen LogP contribution in [0.25, 0.3) is 112 Å². The number of hydrogen-bond acceptors (Lipinski definition) is 3. The van der Waals surface area contributed by atoms with Crippen LogP contribution in [-0.4, -0.2) is 28.7 Å². The lowest BCUT2D eigenvalue weighted by atomic mass is 9.99. The minimum absolute atomic E-state index is 0.550. The highest BCUT2D eigenvalue weighted by molar-refractivity contribution is 6.12. The fraction of sp³-hybridized carbons (Fsp3) is 0.0172. The first kappa shape index (κ1) is 36.1. The molecule has 4 heterocycles. The summed E-state index contributed by atoms with van der Waals surface area (Å²) >= 11 is 0. The van der Waals surface area contributed by atoms with Gasteiger partial charge < -0.3 is 4.57 Å². The molecule has 12 aromatic rings. The minimum atomic E-state index is 0.550.